The van der Waals surface area contributed by atoms with Gasteiger partial charge in [-0.1, -0.05) is 13.8 Å². The molecule has 0 radical (unpaired) electrons. The van der Waals surface area contributed by atoms with Crippen molar-refractivity contribution in [1.29, 1.82) is 0 Å². The molecule has 0 aliphatic rings. The van der Waals surface area contributed by atoms with Crippen LogP contribution in [0, 0.1) is 5.92 Å². The topological polar surface area (TPSA) is 77.8 Å². The van der Waals surface area contributed by atoms with Crippen LogP contribution in [0.15, 0.2) is 10.9 Å². The Balaban J connectivity index is 2.43. The Bertz CT molecular complexity index is 363. The van der Waals surface area contributed by atoms with Gasteiger partial charge in [0.15, 0.2) is 0 Å². The van der Waals surface area contributed by atoms with Crippen molar-refractivity contribution in [2.45, 2.75) is 33.2 Å². The maximum absolute atomic E-state index is 11.6. The first-order valence-corrected chi connectivity index (χ1v) is 5.21. The molecule has 5 heteroatoms. The average Bonchev–Trinajstić information content (AvgIpc) is 2.63. The second-order valence-corrected chi connectivity index (χ2v) is 3.52. The third kappa shape index (κ3) is 3.27. The van der Waals surface area contributed by atoms with Crippen LogP contribution in [0.25, 0.3) is 0 Å². The summed E-state index contributed by atoms with van der Waals surface area (Å²) in [6.45, 7) is 4.35. The molecule has 0 saturated heterocycles. The predicted molar refractivity (Wildman–Crippen MR) is 57.3 cm³/mol. The van der Waals surface area contributed by atoms with E-state index < -0.39 is 0 Å². The van der Waals surface area contributed by atoms with Gasteiger partial charge in [0.1, 0.15) is 0 Å². The molecular weight excluding hydrogens is 194 g/mol. The van der Waals surface area contributed by atoms with Crippen molar-refractivity contribution in [3.63, 3.8) is 0 Å². The van der Waals surface area contributed by atoms with E-state index in [1.807, 2.05) is 13.8 Å². The zero-order chi connectivity index (χ0) is 11.3. The zero-order valence-corrected chi connectivity index (χ0v) is 9.09. The lowest BCUT2D eigenvalue weighted by Crippen LogP contribution is -2.29. The van der Waals surface area contributed by atoms with Crippen LogP contribution in [0.2, 0.25) is 0 Å². The average molecular weight is 211 g/mol. The van der Waals surface area contributed by atoms with E-state index in [2.05, 4.69) is 15.5 Å². The number of aromatic amines is 2. The molecule has 1 amide bonds. The highest BCUT2D eigenvalue weighted by atomic mass is 16.2. The summed E-state index contributed by atoms with van der Waals surface area (Å²) in [6.07, 6.45) is 1.68. The number of nitrogens with one attached hydrogen (secondary N) is 3. The van der Waals surface area contributed by atoms with Gasteiger partial charge in [0.2, 0.25) is 5.91 Å². The summed E-state index contributed by atoms with van der Waals surface area (Å²) in [5.41, 5.74) is 0.515. The molecule has 1 heterocycles. The molecule has 0 spiro atoms. The van der Waals surface area contributed by atoms with Gasteiger partial charge in [-0.3, -0.25) is 14.7 Å². The highest BCUT2D eigenvalue weighted by Crippen LogP contribution is 2.07. The quantitative estimate of drug-likeness (QED) is 0.672. The Kier molecular flexibility index (Phi) is 4.15. The fourth-order valence-corrected chi connectivity index (χ4v) is 1.45. The van der Waals surface area contributed by atoms with Crippen molar-refractivity contribution < 1.29 is 4.79 Å². The molecule has 15 heavy (non-hydrogen) atoms. The third-order valence-corrected chi connectivity index (χ3v) is 2.46. The van der Waals surface area contributed by atoms with E-state index in [0.717, 1.165) is 12.8 Å². The Morgan fingerprint density at radius 3 is 2.53 bits per heavy atom. The minimum Gasteiger partial charge on any atom is -0.350 e. The van der Waals surface area contributed by atoms with Gasteiger partial charge in [0.25, 0.3) is 5.56 Å². The maximum Gasteiger partial charge on any atom is 0.264 e. The summed E-state index contributed by atoms with van der Waals surface area (Å²) in [4.78, 5) is 22.4. The first kappa shape index (κ1) is 11.6. The number of hydrogen-bond donors (Lipinski definition) is 3. The summed E-state index contributed by atoms with van der Waals surface area (Å²) < 4.78 is 0. The molecule has 3 N–H and O–H groups in total. The normalized spacial score (nSPS) is 10.6. The molecule has 1 aromatic rings. The minimum absolute atomic E-state index is 0.0436. The monoisotopic (exact) mass is 211 g/mol. The molecular formula is C10H17N3O2. The summed E-state index contributed by atoms with van der Waals surface area (Å²) in [6, 6.07) is 1.44. The zero-order valence-electron chi connectivity index (χ0n) is 9.09. The second-order valence-electron chi connectivity index (χ2n) is 3.52. The second kappa shape index (κ2) is 5.38. The molecule has 0 aromatic carbocycles. The van der Waals surface area contributed by atoms with E-state index in [9.17, 15) is 9.59 Å². The van der Waals surface area contributed by atoms with E-state index in [-0.39, 0.29) is 17.4 Å². The summed E-state index contributed by atoms with van der Waals surface area (Å²) in [7, 11) is 0. The fraction of sp³-hybridized carbons (Fsp3) is 0.600. The number of rotatable bonds is 5. The summed E-state index contributed by atoms with van der Waals surface area (Å²) in [5, 5.41) is 7.89. The lowest BCUT2D eigenvalue weighted by molar-refractivity contribution is -0.125. The molecule has 0 aliphatic heterocycles. The SMILES string of the molecule is CCC(CC)C(=O)NCc1cc(=O)[nH][nH]1. The van der Waals surface area contributed by atoms with Crippen LogP contribution in [0.3, 0.4) is 0 Å². The standard InChI is InChI=1S/C10H17N3O2/c1-3-7(4-2)10(15)11-6-8-5-9(14)13-12-8/h5,7H,3-4,6H2,1-2H3,(H,11,15)(H2,12,13,14). The number of H-pyrrole nitrogens is 2. The van der Waals surface area contributed by atoms with Crippen molar-refractivity contribution in [1.82, 2.24) is 15.5 Å². The molecule has 84 valence electrons. The van der Waals surface area contributed by atoms with Crippen LogP contribution >= 0.6 is 0 Å². The van der Waals surface area contributed by atoms with Crippen LogP contribution in [-0.4, -0.2) is 16.1 Å². The predicted octanol–water partition coefficient (Wildman–Crippen LogP) is 0.755. The first-order chi connectivity index (χ1) is 7.17. The Morgan fingerprint density at radius 1 is 1.40 bits per heavy atom. The highest BCUT2D eigenvalue weighted by molar-refractivity contribution is 5.78. The van der Waals surface area contributed by atoms with Gasteiger partial charge in [-0.2, -0.15) is 0 Å². The lowest BCUT2D eigenvalue weighted by Gasteiger charge is -2.11. The van der Waals surface area contributed by atoms with E-state index >= 15 is 0 Å². The number of aromatic nitrogens is 2. The van der Waals surface area contributed by atoms with E-state index in [0.29, 0.717) is 12.2 Å². The van der Waals surface area contributed by atoms with E-state index in [1.165, 1.54) is 6.07 Å². The maximum atomic E-state index is 11.6. The lowest BCUT2D eigenvalue weighted by atomic mass is 10.0. The molecule has 5 nitrogen and oxygen atoms in total. The molecule has 0 atom stereocenters. The van der Waals surface area contributed by atoms with Crippen molar-refractivity contribution in [3.05, 3.63) is 22.1 Å². The third-order valence-electron chi connectivity index (χ3n) is 2.46. The van der Waals surface area contributed by atoms with Crippen molar-refractivity contribution >= 4 is 5.91 Å². The highest BCUT2D eigenvalue weighted by Gasteiger charge is 2.13. The van der Waals surface area contributed by atoms with Gasteiger partial charge in [-0.15, -0.1) is 0 Å². The van der Waals surface area contributed by atoms with Crippen molar-refractivity contribution in [3.8, 4) is 0 Å². The van der Waals surface area contributed by atoms with Crippen molar-refractivity contribution in [2.75, 3.05) is 0 Å². The Hall–Kier alpha value is -1.52. The van der Waals surface area contributed by atoms with Crippen molar-refractivity contribution in [2.24, 2.45) is 5.92 Å². The molecule has 0 fully saturated rings. The van der Waals surface area contributed by atoms with Gasteiger partial charge in [-0.25, -0.2) is 0 Å². The first-order valence-electron chi connectivity index (χ1n) is 5.21. The number of amides is 1. The fourth-order valence-electron chi connectivity index (χ4n) is 1.45. The number of carbonyl (C=O) groups is 1. The molecule has 1 aromatic heterocycles. The van der Waals surface area contributed by atoms with Gasteiger partial charge in [0.05, 0.1) is 12.2 Å². The molecule has 0 unspecified atom stereocenters. The van der Waals surface area contributed by atoms with Gasteiger partial charge < -0.3 is 10.4 Å². The minimum atomic E-state index is -0.179. The molecule has 0 saturated carbocycles. The van der Waals surface area contributed by atoms with Gasteiger partial charge in [-0.05, 0) is 12.8 Å². The molecule has 0 bridgehead atoms. The van der Waals surface area contributed by atoms with Crippen LogP contribution < -0.4 is 10.9 Å². The Morgan fingerprint density at radius 2 is 2.07 bits per heavy atom. The molecule has 1 rings (SSSR count). The van der Waals surface area contributed by atoms with Crippen LogP contribution in [0.5, 0.6) is 0 Å². The van der Waals surface area contributed by atoms with Crippen LogP contribution in [0.1, 0.15) is 32.4 Å². The van der Waals surface area contributed by atoms with E-state index in [1.54, 1.807) is 0 Å². The largest absolute Gasteiger partial charge is 0.350 e. The van der Waals surface area contributed by atoms with E-state index in [4.69, 9.17) is 0 Å². The molecule has 0 aliphatic carbocycles. The number of hydrogen-bond acceptors (Lipinski definition) is 2. The summed E-state index contributed by atoms with van der Waals surface area (Å²) >= 11 is 0. The van der Waals surface area contributed by atoms with Gasteiger partial charge >= 0.3 is 0 Å². The van der Waals surface area contributed by atoms with Crippen LogP contribution in [0.4, 0.5) is 0 Å². The van der Waals surface area contributed by atoms with Gasteiger partial charge in [0, 0.05) is 12.0 Å². The van der Waals surface area contributed by atoms with Crippen LogP contribution in [-0.2, 0) is 11.3 Å². The Labute approximate surface area is 88.3 Å². The smallest absolute Gasteiger partial charge is 0.264 e. The summed E-state index contributed by atoms with van der Waals surface area (Å²) in [5.74, 6) is 0.109. The number of carbonyl (C=O) groups excluding carboxylic acids is 1.